The third-order valence-corrected chi connectivity index (χ3v) is 4.96. The van der Waals surface area contributed by atoms with E-state index < -0.39 is 12.0 Å². The van der Waals surface area contributed by atoms with Gasteiger partial charge in [-0.2, -0.15) is 0 Å². The summed E-state index contributed by atoms with van der Waals surface area (Å²) in [5, 5.41) is 15.0. The number of fused-ring (bicyclic) bond motifs is 1. The molecule has 1 saturated carbocycles. The summed E-state index contributed by atoms with van der Waals surface area (Å²) in [6, 6.07) is 5.62. The molecule has 7 heteroatoms. The highest BCUT2D eigenvalue weighted by Gasteiger charge is 2.21. The predicted molar refractivity (Wildman–Crippen MR) is 101 cm³/mol. The fourth-order valence-electron chi connectivity index (χ4n) is 3.50. The first kappa shape index (κ1) is 18.9. The van der Waals surface area contributed by atoms with Crippen LogP contribution in [0.5, 0.6) is 0 Å². The Labute approximate surface area is 157 Å². The van der Waals surface area contributed by atoms with Crippen molar-refractivity contribution in [2.24, 2.45) is 5.92 Å². The third-order valence-electron chi connectivity index (χ3n) is 4.96. The predicted octanol–water partition coefficient (Wildman–Crippen LogP) is 3.54. The number of hydrogen-bond donors (Lipinski definition) is 3. The zero-order valence-corrected chi connectivity index (χ0v) is 15.3. The van der Waals surface area contributed by atoms with E-state index in [0.29, 0.717) is 29.0 Å². The van der Waals surface area contributed by atoms with Crippen LogP contribution in [0, 0.1) is 5.92 Å². The highest BCUT2D eigenvalue weighted by molar-refractivity contribution is 5.99. The average molecular weight is 372 g/mol. The molecule has 1 atom stereocenters. The van der Waals surface area contributed by atoms with Gasteiger partial charge in [-0.1, -0.05) is 19.3 Å². The van der Waals surface area contributed by atoms with Gasteiger partial charge >= 0.3 is 5.97 Å². The normalized spacial score (nSPS) is 16.0. The maximum absolute atomic E-state index is 12.3. The first-order valence-electron chi connectivity index (χ1n) is 9.29. The minimum atomic E-state index is -1.15. The number of carbonyl (C=O) groups excluding carboxylic acids is 2. The van der Waals surface area contributed by atoms with E-state index in [2.05, 4.69) is 10.6 Å². The summed E-state index contributed by atoms with van der Waals surface area (Å²) in [5.74, 6) is -1.31. The lowest BCUT2D eigenvalue weighted by atomic mass is 9.87. The fraction of sp³-hybridized carbons (Fsp3) is 0.450. The van der Waals surface area contributed by atoms with Gasteiger partial charge in [0.15, 0.2) is 0 Å². The van der Waals surface area contributed by atoms with Crippen molar-refractivity contribution in [1.29, 1.82) is 0 Å². The van der Waals surface area contributed by atoms with Crippen molar-refractivity contribution in [3.63, 3.8) is 0 Å². The number of carboxylic acid groups (broad SMARTS) is 1. The molecule has 27 heavy (non-hydrogen) atoms. The van der Waals surface area contributed by atoms with Crippen LogP contribution in [-0.4, -0.2) is 28.9 Å². The molecule has 1 aliphatic carbocycles. The standard InChI is InChI=1S/C20H24N2O5/c1-12(21-18(23)9-13-5-3-2-4-6-13)19(24)22-15-7-8-16-14(10-15)11-17(27-16)20(25)26/h7-8,10-13H,2-6,9H2,1H3,(H,21,23)(H,22,24)(H,25,26). The number of nitrogens with one attached hydrogen (secondary N) is 2. The first-order valence-corrected chi connectivity index (χ1v) is 9.29. The Morgan fingerprint density at radius 2 is 1.93 bits per heavy atom. The van der Waals surface area contributed by atoms with Crippen molar-refractivity contribution in [3.05, 3.63) is 30.0 Å². The van der Waals surface area contributed by atoms with Crippen LogP contribution in [0.15, 0.2) is 28.7 Å². The number of hydrogen-bond acceptors (Lipinski definition) is 4. The number of furan rings is 1. The lowest BCUT2D eigenvalue weighted by Crippen LogP contribution is -2.42. The number of rotatable bonds is 6. The summed E-state index contributed by atoms with van der Waals surface area (Å²) in [4.78, 5) is 35.5. The van der Waals surface area contributed by atoms with E-state index in [-0.39, 0.29) is 17.6 Å². The van der Waals surface area contributed by atoms with Gasteiger partial charge in [-0.25, -0.2) is 4.79 Å². The Balaban J connectivity index is 1.56. The molecule has 1 aromatic heterocycles. The van der Waals surface area contributed by atoms with E-state index in [4.69, 9.17) is 9.52 Å². The molecule has 2 amide bonds. The monoisotopic (exact) mass is 372 g/mol. The summed E-state index contributed by atoms with van der Waals surface area (Å²) in [6.45, 7) is 1.65. The van der Waals surface area contributed by atoms with Gasteiger partial charge in [-0.15, -0.1) is 0 Å². The zero-order valence-electron chi connectivity index (χ0n) is 15.3. The van der Waals surface area contributed by atoms with E-state index >= 15 is 0 Å². The van der Waals surface area contributed by atoms with E-state index in [9.17, 15) is 14.4 Å². The van der Waals surface area contributed by atoms with Crippen LogP contribution < -0.4 is 10.6 Å². The van der Waals surface area contributed by atoms with Gasteiger partial charge in [0, 0.05) is 17.5 Å². The lowest BCUT2D eigenvalue weighted by molar-refractivity contribution is -0.126. The molecule has 144 valence electrons. The SMILES string of the molecule is CC(NC(=O)CC1CCCCC1)C(=O)Nc1ccc2oc(C(=O)O)cc2c1. The highest BCUT2D eigenvalue weighted by Crippen LogP contribution is 2.26. The summed E-state index contributed by atoms with van der Waals surface area (Å²) >= 11 is 0. The smallest absolute Gasteiger partial charge is 0.371 e. The quantitative estimate of drug-likeness (QED) is 0.718. The number of benzene rings is 1. The molecule has 0 spiro atoms. The van der Waals surface area contributed by atoms with Gasteiger partial charge in [0.25, 0.3) is 0 Å². The summed E-state index contributed by atoms with van der Waals surface area (Å²) in [6.07, 6.45) is 6.22. The van der Waals surface area contributed by atoms with Crippen LogP contribution in [-0.2, 0) is 9.59 Å². The van der Waals surface area contributed by atoms with Crippen LogP contribution in [0.2, 0.25) is 0 Å². The average Bonchev–Trinajstić information content (AvgIpc) is 3.06. The van der Waals surface area contributed by atoms with Crippen LogP contribution in [0.4, 0.5) is 5.69 Å². The molecular weight excluding hydrogens is 348 g/mol. The molecule has 0 saturated heterocycles. The molecule has 1 unspecified atom stereocenters. The molecular formula is C20H24N2O5. The minimum Gasteiger partial charge on any atom is -0.475 e. The Bertz CT molecular complexity index is 851. The second-order valence-corrected chi connectivity index (χ2v) is 7.16. The molecule has 7 nitrogen and oxygen atoms in total. The Kier molecular flexibility index (Phi) is 5.78. The van der Waals surface area contributed by atoms with Crippen molar-refractivity contribution in [2.45, 2.75) is 51.5 Å². The zero-order chi connectivity index (χ0) is 19.4. The Morgan fingerprint density at radius 1 is 1.19 bits per heavy atom. The molecule has 2 aromatic rings. The largest absolute Gasteiger partial charge is 0.475 e. The van der Waals surface area contributed by atoms with Crippen molar-refractivity contribution in [3.8, 4) is 0 Å². The fourth-order valence-corrected chi connectivity index (χ4v) is 3.50. The van der Waals surface area contributed by atoms with Crippen LogP contribution >= 0.6 is 0 Å². The second kappa shape index (κ2) is 8.24. The van der Waals surface area contributed by atoms with Gasteiger partial charge in [-0.3, -0.25) is 9.59 Å². The highest BCUT2D eigenvalue weighted by atomic mass is 16.4. The van der Waals surface area contributed by atoms with Crippen LogP contribution in [0.25, 0.3) is 11.0 Å². The molecule has 1 aromatic carbocycles. The molecule has 1 aliphatic rings. The van der Waals surface area contributed by atoms with Gasteiger partial charge in [0.1, 0.15) is 11.6 Å². The Morgan fingerprint density at radius 3 is 2.63 bits per heavy atom. The molecule has 3 rings (SSSR count). The third kappa shape index (κ3) is 4.87. The van der Waals surface area contributed by atoms with E-state index in [1.54, 1.807) is 25.1 Å². The molecule has 1 fully saturated rings. The van der Waals surface area contributed by atoms with E-state index in [0.717, 1.165) is 12.8 Å². The van der Waals surface area contributed by atoms with Gasteiger partial charge in [0.05, 0.1) is 0 Å². The molecule has 3 N–H and O–H groups in total. The molecule has 0 radical (unpaired) electrons. The number of carboxylic acids is 1. The summed E-state index contributed by atoms with van der Waals surface area (Å²) < 4.78 is 5.19. The molecule has 0 aliphatic heterocycles. The van der Waals surface area contributed by atoms with E-state index in [1.165, 1.54) is 25.3 Å². The number of anilines is 1. The summed E-state index contributed by atoms with van der Waals surface area (Å²) in [7, 11) is 0. The van der Waals surface area contributed by atoms with Crippen molar-refractivity contribution in [2.75, 3.05) is 5.32 Å². The second-order valence-electron chi connectivity index (χ2n) is 7.16. The summed E-state index contributed by atoms with van der Waals surface area (Å²) in [5.41, 5.74) is 0.942. The maximum Gasteiger partial charge on any atom is 0.371 e. The van der Waals surface area contributed by atoms with Crippen molar-refractivity contribution < 1.29 is 23.9 Å². The van der Waals surface area contributed by atoms with Gasteiger partial charge in [0.2, 0.25) is 17.6 Å². The number of amides is 2. The van der Waals surface area contributed by atoms with Gasteiger partial charge < -0.3 is 20.2 Å². The number of aromatic carboxylic acids is 1. The molecule has 0 bridgehead atoms. The minimum absolute atomic E-state index is 0.0964. The first-order chi connectivity index (χ1) is 12.9. The molecule has 1 heterocycles. The topological polar surface area (TPSA) is 109 Å². The van der Waals surface area contributed by atoms with E-state index in [1.807, 2.05) is 0 Å². The maximum atomic E-state index is 12.3. The van der Waals surface area contributed by atoms with Crippen molar-refractivity contribution >= 4 is 34.4 Å². The van der Waals surface area contributed by atoms with Crippen molar-refractivity contribution in [1.82, 2.24) is 5.32 Å². The van der Waals surface area contributed by atoms with Gasteiger partial charge in [-0.05, 0) is 49.9 Å². The lowest BCUT2D eigenvalue weighted by Gasteiger charge is -2.22. The van der Waals surface area contributed by atoms with Crippen LogP contribution in [0.1, 0.15) is 56.0 Å². The van der Waals surface area contributed by atoms with Crippen LogP contribution in [0.3, 0.4) is 0 Å². The number of carbonyl (C=O) groups is 3. The Hall–Kier alpha value is -2.83.